The lowest BCUT2D eigenvalue weighted by Gasteiger charge is -2.46. The summed E-state index contributed by atoms with van der Waals surface area (Å²) in [6.07, 6.45) is -0.239. The second-order valence-corrected chi connectivity index (χ2v) is 17.0. The molecule has 0 bridgehead atoms. The molecule has 0 saturated carbocycles. The first-order valence-corrected chi connectivity index (χ1v) is 16.6. The summed E-state index contributed by atoms with van der Waals surface area (Å²) in [4.78, 5) is 25.3. The quantitative estimate of drug-likeness (QED) is 0.375. The van der Waals surface area contributed by atoms with E-state index in [1.807, 2.05) is 12.1 Å². The van der Waals surface area contributed by atoms with Gasteiger partial charge < -0.3 is 14.3 Å². The molecule has 2 fully saturated rings. The number of rotatable bonds is 9. The number of ether oxygens (including phenoxy) is 1. The molecule has 2 aliphatic heterocycles. The van der Waals surface area contributed by atoms with Crippen molar-refractivity contribution >= 4 is 42.3 Å². The molecule has 2 aliphatic rings. The zero-order chi connectivity index (χ0) is 27.5. The minimum atomic E-state index is -2.71. The lowest BCUT2D eigenvalue weighted by molar-refractivity contribution is -0.143. The van der Waals surface area contributed by atoms with Crippen molar-refractivity contribution in [2.24, 2.45) is 11.8 Å². The zero-order valence-corrected chi connectivity index (χ0v) is 24.9. The van der Waals surface area contributed by atoms with Gasteiger partial charge in [-0.25, -0.2) is 0 Å². The molecule has 206 valence electrons. The van der Waals surface area contributed by atoms with Crippen LogP contribution in [0.1, 0.15) is 47.5 Å². The molecule has 0 radical (unpaired) electrons. The number of carbonyl (C=O) groups excluding carboxylic acids is 2. The van der Waals surface area contributed by atoms with E-state index in [2.05, 4.69) is 83.1 Å². The molecule has 2 amide bonds. The number of aliphatic hydroxyl groups excluding tert-OH is 1. The summed E-state index contributed by atoms with van der Waals surface area (Å²) >= 11 is 1.48. The summed E-state index contributed by atoms with van der Waals surface area (Å²) in [5.41, 5.74) is -0.443. The average molecular weight is 556 g/mol. The van der Waals surface area contributed by atoms with Crippen LogP contribution in [-0.2, 0) is 18.8 Å². The maximum absolute atomic E-state index is 12.0. The Hall–Kier alpha value is -1.97. The highest BCUT2D eigenvalue weighted by atomic mass is 32.2. The second-order valence-electron chi connectivity index (χ2n) is 11.5. The summed E-state index contributed by atoms with van der Waals surface area (Å²) in [7, 11) is -2.71. The van der Waals surface area contributed by atoms with Crippen molar-refractivity contribution in [1.29, 1.82) is 0 Å². The molecule has 2 heterocycles. The lowest BCUT2D eigenvalue weighted by atomic mass is 9.84. The van der Waals surface area contributed by atoms with Crippen molar-refractivity contribution in [3.05, 3.63) is 60.7 Å². The van der Waals surface area contributed by atoms with Crippen LogP contribution < -0.4 is 10.4 Å². The molecule has 5 atom stereocenters. The Kier molecular flexibility index (Phi) is 9.20. The summed E-state index contributed by atoms with van der Waals surface area (Å²) < 4.78 is 13.6. The standard InChI is InChI=1S/C30H41NO5SSi/c1-21-22(2)28(34)29(37-19-18-31-26(32)16-17-27(31)33)36-25(21)20-35-38(30(3,4)5,23-12-8-6-9-13-23)24-14-10-7-11-15-24/h6-15,21-22,25,28-29,34H,16-20H2,1-5H3. The molecule has 8 heteroatoms. The minimum Gasteiger partial charge on any atom is -0.405 e. The molecule has 2 saturated heterocycles. The summed E-state index contributed by atoms with van der Waals surface area (Å²) in [5, 5.41) is 13.3. The molecule has 6 nitrogen and oxygen atoms in total. The predicted molar refractivity (Wildman–Crippen MR) is 155 cm³/mol. The topological polar surface area (TPSA) is 76.1 Å². The van der Waals surface area contributed by atoms with Gasteiger partial charge in [0.25, 0.3) is 8.32 Å². The number of benzene rings is 2. The molecule has 38 heavy (non-hydrogen) atoms. The summed E-state index contributed by atoms with van der Waals surface area (Å²) in [6, 6.07) is 21.1. The van der Waals surface area contributed by atoms with Gasteiger partial charge in [0, 0.05) is 25.1 Å². The van der Waals surface area contributed by atoms with Crippen LogP contribution in [0.4, 0.5) is 0 Å². The Bertz CT molecular complexity index is 1040. The van der Waals surface area contributed by atoms with Crippen LogP contribution in [0.2, 0.25) is 5.04 Å². The van der Waals surface area contributed by atoms with Gasteiger partial charge in [-0.05, 0) is 27.2 Å². The van der Waals surface area contributed by atoms with Crippen LogP contribution in [0.3, 0.4) is 0 Å². The molecule has 5 unspecified atom stereocenters. The van der Waals surface area contributed by atoms with Crippen LogP contribution in [0.5, 0.6) is 0 Å². The van der Waals surface area contributed by atoms with E-state index in [0.717, 1.165) is 0 Å². The van der Waals surface area contributed by atoms with Gasteiger partial charge in [-0.3, -0.25) is 14.5 Å². The molecule has 2 aromatic rings. The van der Waals surface area contributed by atoms with Gasteiger partial charge in [0.15, 0.2) is 0 Å². The molecule has 0 spiro atoms. The van der Waals surface area contributed by atoms with Crippen molar-refractivity contribution in [3.63, 3.8) is 0 Å². The fourth-order valence-corrected chi connectivity index (χ4v) is 11.5. The first-order chi connectivity index (χ1) is 18.1. The fourth-order valence-electron chi connectivity index (χ4n) is 5.70. The van der Waals surface area contributed by atoms with Crippen LogP contribution in [-0.4, -0.2) is 66.7 Å². The third-order valence-electron chi connectivity index (χ3n) is 8.18. The van der Waals surface area contributed by atoms with Crippen molar-refractivity contribution in [3.8, 4) is 0 Å². The van der Waals surface area contributed by atoms with Crippen molar-refractivity contribution < 1.29 is 23.9 Å². The van der Waals surface area contributed by atoms with Crippen molar-refractivity contribution in [2.75, 3.05) is 18.9 Å². The number of carbonyl (C=O) groups is 2. The smallest absolute Gasteiger partial charge is 0.261 e. The van der Waals surface area contributed by atoms with E-state index in [1.165, 1.54) is 27.0 Å². The van der Waals surface area contributed by atoms with Gasteiger partial charge in [-0.1, -0.05) is 95.3 Å². The normalized spacial score (nSPS) is 26.7. The maximum atomic E-state index is 12.0. The highest BCUT2D eigenvalue weighted by Gasteiger charge is 2.51. The highest BCUT2D eigenvalue weighted by Crippen LogP contribution is 2.39. The minimum absolute atomic E-state index is 0.0176. The number of aliphatic hydroxyl groups is 1. The lowest BCUT2D eigenvalue weighted by Crippen LogP contribution is -2.67. The van der Waals surface area contributed by atoms with Gasteiger partial charge in [-0.2, -0.15) is 0 Å². The molecular formula is C30H41NO5SSi. The summed E-state index contributed by atoms with van der Waals surface area (Å²) in [5.74, 6) is 0.423. The Morgan fingerprint density at radius 3 is 1.97 bits per heavy atom. The molecule has 2 aromatic carbocycles. The molecule has 4 rings (SSSR count). The zero-order valence-electron chi connectivity index (χ0n) is 23.1. The number of imide groups is 1. The molecule has 0 aliphatic carbocycles. The number of likely N-dealkylation sites (tertiary alicyclic amines) is 1. The molecule has 1 N–H and O–H groups in total. The van der Waals surface area contributed by atoms with Crippen LogP contribution in [0.15, 0.2) is 60.7 Å². The van der Waals surface area contributed by atoms with Gasteiger partial charge in [-0.15, -0.1) is 11.8 Å². The Balaban J connectivity index is 1.54. The number of hydrogen-bond acceptors (Lipinski definition) is 6. The second kappa shape index (κ2) is 12.0. The Labute approximate surface area is 232 Å². The third kappa shape index (κ3) is 5.80. The van der Waals surface area contributed by atoms with E-state index < -0.39 is 19.9 Å². The van der Waals surface area contributed by atoms with Gasteiger partial charge in [0.2, 0.25) is 11.8 Å². The maximum Gasteiger partial charge on any atom is 0.261 e. The average Bonchev–Trinajstić information content (AvgIpc) is 3.22. The van der Waals surface area contributed by atoms with E-state index in [-0.39, 0.29) is 34.8 Å². The SMILES string of the molecule is CC1C(CO[Si](c2ccccc2)(c2ccccc2)C(C)(C)C)OC(SCCN2C(=O)CCC2=O)C(O)C1C. The largest absolute Gasteiger partial charge is 0.405 e. The number of hydrogen-bond donors (Lipinski definition) is 1. The van der Waals surface area contributed by atoms with Gasteiger partial charge in [0.05, 0.1) is 18.8 Å². The van der Waals surface area contributed by atoms with E-state index >= 15 is 0 Å². The van der Waals surface area contributed by atoms with Crippen molar-refractivity contribution in [2.45, 2.75) is 70.1 Å². The first kappa shape index (κ1) is 29.0. The third-order valence-corrected chi connectivity index (χ3v) is 14.3. The highest BCUT2D eigenvalue weighted by molar-refractivity contribution is 7.99. The molecular weight excluding hydrogens is 514 g/mol. The Morgan fingerprint density at radius 2 is 1.47 bits per heavy atom. The van der Waals surface area contributed by atoms with E-state index in [0.29, 0.717) is 31.7 Å². The van der Waals surface area contributed by atoms with Crippen LogP contribution >= 0.6 is 11.8 Å². The van der Waals surface area contributed by atoms with Crippen LogP contribution in [0.25, 0.3) is 0 Å². The molecule has 0 aromatic heterocycles. The van der Waals surface area contributed by atoms with Crippen LogP contribution in [0, 0.1) is 11.8 Å². The predicted octanol–water partition coefficient (Wildman–Crippen LogP) is 3.80. The fraction of sp³-hybridized carbons (Fsp3) is 0.533. The van der Waals surface area contributed by atoms with E-state index in [4.69, 9.17) is 9.16 Å². The number of nitrogens with zero attached hydrogens (tertiary/aromatic N) is 1. The van der Waals surface area contributed by atoms with Gasteiger partial charge in [0.1, 0.15) is 5.44 Å². The first-order valence-electron chi connectivity index (χ1n) is 13.6. The number of amides is 2. The Morgan fingerprint density at radius 1 is 0.947 bits per heavy atom. The monoisotopic (exact) mass is 555 g/mol. The van der Waals surface area contributed by atoms with Crippen molar-refractivity contribution in [1.82, 2.24) is 4.90 Å². The van der Waals surface area contributed by atoms with Gasteiger partial charge >= 0.3 is 0 Å². The van der Waals surface area contributed by atoms with E-state index in [1.54, 1.807) is 0 Å². The number of thioether (sulfide) groups is 1. The summed E-state index contributed by atoms with van der Waals surface area (Å²) in [6.45, 7) is 11.7. The van der Waals surface area contributed by atoms with E-state index in [9.17, 15) is 14.7 Å².